The fraction of sp³-hybridized carbons (Fsp3) is 0.913. The Balaban J connectivity index is 0.00000193. The van der Waals surface area contributed by atoms with Crippen molar-refractivity contribution in [2.45, 2.75) is 82.1 Å². The van der Waals surface area contributed by atoms with Crippen molar-refractivity contribution >= 4 is 49.6 Å². The van der Waals surface area contributed by atoms with Crippen molar-refractivity contribution in [3.05, 3.63) is 0 Å². The summed E-state index contributed by atoms with van der Waals surface area (Å²) >= 11 is 0. The minimum Gasteiger partial charge on any atom is -0.460 e. The number of hydrogen-bond donors (Lipinski definition) is 2. The van der Waals surface area contributed by atoms with E-state index >= 15 is 0 Å². The molecule has 3 aliphatic heterocycles. The number of piperazine rings is 1. The van der Waals surface area contributed by atoms with Gasteiger partial charge in [0.15, 0.2) is 6.17 Å². The Morgan fingerprint density at radius 1 is 0.794 bits per heavy atom. The number of rotatable bonds is 7. The number of nitrogens with one attached hydrogen (secondary N) is 2. The number of ether oxygens (including phenoxy) is 1. The van der Waals surface area contributed by atoms with Gasteiger partial charge in [-0.25, -0.2) is 4.79 Å². The fourth-order valence-corrected chi connectivity index (χ4v) is 5.95. The quantitative estimate of drug-likeness (QED) is 0.375. The van der Waals surface area contributed by atoms with Gasteiger partial charge in [0.05, 0.1) is 0 Å². The Morgan fingerprint density at radius 2 is 1.32 bits per heavy atom. The molecular formula is C23H44Cl3N5O3. The van der Waals surface area contributed by atoms with Gasteiger partial charge < -0.3 is 15.4 Å². The van der Waals surface area contributed by atoms with E-state index in [1.807, 2.05) is 0 Å². The molecule has 4 fully saturated rings. The topological polar surface area (TPSA) is 77.2 Å². The molecule has 11 heteroatoms. The van der Waals surface area contributed by atoms with Crippen LogP contribution in [0.25, 0.3) is 0 Å². The Morgan fingerprint density at radius 3 is 1.85 bits per heavy atom. The molecule has 200 valence electrons. The van der Waals surface area contributed by atoms with Crippen LogP contribution in [-0.4, -0.2) is 104 Å². The van der Waals surface area contributed by atoms with E-state index in [1.54, 1.807) is 0 Å². The van der Waals surface area contributed by atoms with Crippen molar-refractivity contribution in [2.24, 2.45) is 0 Å². The Hall–Kier alpha value is -0.350. The number of hydrogen-bond acceptors (Lipinski definition) is 7. The van der Waals surface area contributed by atoms with Crippen LogP contribution in [0.5, 0.6) is 0 Å². The average Bonchev–Trinajstić information content (AvgIpc) is 2.84. The molecule has 8 nitrogen and oxygen atoms in total. The molecule has 0 aromatic rings. The van der Waals surface area contributed by atoms with Crippen LogP contribution < -0.4 is 10.6 Å². The second-order valence-corrected chi connectivity index (χ2v) is 9.70. The van der Waals surface area contributed by atoms with Gasteiger partial charge in [0.25, 0.3) is 0 Å². The standard InChI is InChI=1S/C23H41N5O3.3ClH/c29-18-25-22(23(30)31-21-4-2-1-3-5-21)28-12-8-20(9-13-28)27-16-14-26(15-17-27)19-6-10-24-11-7-19;;;/h18-22,24H,1-17H2,(H,25,29);3*1H. The zero-order valence-corrected chi connectivity index (χ0v) is 22.6. The van der Waals surface area contributed by atoms with E-state index in [4.69, 9.17) is 4.74 Å². The Kier molecular flexibility index (Phi) is 15.3. The molecule has 1 unspecified atom stereocenters. The summed E-state index contributed by atoms with van der Waals surface area (Å²) in [6, 6.07) is 1.34. The molecule has 1 amide bonds. The predicted octanol–water partition coefficient (Wildman–Crippen LogP) is 2.03. The highest BCUT2D eigenvalue weighted by atomic mass is 35.5. The van der Waals surface area contributed by atoms with E-state index in [-0.39, 0.29) is 49.3 Å². The molecule has 0 aromatic heterocycles. The number of nitrogens with zero attached hydrogens (tertiary/aromatic N) is 3. The third-order valence-electron chi connectivity index (χ3n) is 7.84. The molecule has 0 bridgehead atoms. The summed E-state index contributed by atoms with van der Waals surface area (Å²) in [5.41, 5.74) is 0. The number of carbonyl (C=O) groups is 2. The van der Waals surface area contributed by atoms with E-state index < -0.39 is 6.17 Å². The lowest BCUT2D eigenvalue weighted by Gasteiger charge is -2.46. The monoisotopic (exact) mass is 543 g/mol. The second-order valence-electron chi connectivity index (χ2n) is 9.70. The summed E-state index contributed by atoms with van der Waals surface area (Å²) < 4.78 is 5.75. The molecule has 1 atom stereocenters. The van der Waals surface area contributed by atoms with E-state index in [0.29, 0.717) is 12.5 Å². The van der Waals surface area contributed by atoms with Gasteiger partial charge in [-0.15, -0.1) is 37.2 Å². The van der Waals surface area contributed by atoms with E-state index in [2.05, 4.69) is 25.3 Å². The molecule has 34 heavy (non-hydrogen) atoms. The molecule has 4 aliphatic rings. The van der Waals surface area contributed by atoms with E-state index in [9.17, 15) is 9.59 Å². The van der Waals surface area contributed by atoms with Gasteiger partial charge in [-0.1, -0.05) is 6.42 Å². The molecule has 0 aromatic carbocycles. The lowest BCUT2D eigenvalue weighted by Crippen LogP contribution is -2.59. The van der Waals surface area contributed by atoms with Crippen molar-refractivity contribution in [1.82, 2.24) is 25.3 Å². The summed E-state index contributed by atoms with van der Waals surface area (Å²) in [4.78, 5) is 31.4. The molecule has 3 saturated heterocycles. The van der Waals surface area contributed by atoms with Crippen LogP contribution in [0.15, 0.2) is 0 Å². The van der Waals surface area contributed by atoms with E-state index in [0.717, 1.165) is 83.8 Å². The first-order chi connectivity index (χ1) is 15.2. The molecule has 4 rings (SSSR count). The number of esters is 1. The molecular weight excluding hydrogens is 501 g/mol. The number of carbonyl (C=O) groups excluding carboxylic acids is 2. The van der Waals surface area contributed by atoms with Gasteiger partial charge in [0.1, 0.15) is 6.10 Å². The smallest absolute Gasteiger partial charge is 0.344 e. The van der Waals surface area contributed by atoms with Crippen LogP contribution in [0.3, 0.4) is 0 Å². The lowest BCUT2D eigenvalue weighted by atomic mass is 9.98. The Labute approximate surface area is 223 Å². The highest BCUT2D eigenvalue weighted by molar-refractivity contribution is 5.86. The minimum absolute atomic E-state index is 0. The van der Waals surface area contributed by atoms with Gasteiger partial charge in [-0.3, -0.25) is 19.5 Å². The van der Waals surface area contributed by atoms with Crippen molar-refractivity contribution < 1.29 is 14.3 Å². The zero-order valence-electron chi connectivity index (χ0n) is 20.2. The van der Waals surface area contributed by atoms with Gasteiger partial charge in [0.2, 0.25) is 6.41 Å². The second kappa shape index (κ2) is 16.4. The molecule has 1 saturated carbocycles. The van der Waals surface area contributed by atoms with Crippen LogP contribution in [0, 0.1) is 0 Å². The molecule has 1 aliphatic carbocycles. The Bertz CT molecular complexity index is 578. The maximum Gasteiger partial charge on any atom is 0.344 e. The summed E-state index contributed by atoms with van der Waals surface area (Å²) in [5, 5.41) is 6.19. The van der Waals surface area contributed by atoms with Gasteiger partial charge in [-0.2, -0.15) is 0 Å². The molecule has 3 heterocycles. The van der Waals surface area contributed by atoms with Crippen molar-refractivity contribution in [3.63, 3.8) is 0 Å². The normalized spacial score (nSPS) is 25.2. The number of amides is 1. The van der Waals surface area contributed by atoms with Gasteiger partial charge in [-0.05, 0) is 64.5 Å². The first kappa shape index (κ1) is 31.7. The predicted molar refractivity (Wildman–Crippen MR) is 141 cm³/mol. The third-order valence-corrected chi connectivity index (χ3v) is 7.84. The fourth-order valence-electron chi connectivity index (χ4n) is 5.95. The number of halogens is 3. The lowest BCUT2D eigenvalue weighted by molar-refractivity contribution is -0.160. The van der Waals surface area contributed by atoms with Crippen molar-refractivity contribution in [1.29, 1.82) is 0 Å². The molecule has 2 N–H and O–H groups in total. The highest BCUT2D eigenvalue weighted by Crippen LogP contribution is 2.24. The van der Waals surface area contributed by atoms with Crippen LogP contribution in [0.4, 0.5) is 0 Å². The number of likely N-dealkylation sites (tertiary alicyclic amines) is 1. The van der Waals surface area contributed by atoms with Gasteiger partial charge in [0, 0.05) is 51.4 Å². The van der Waals surface area contributed by atoms with Crippen LogP contribution in [0.1, 0.15) is 57.8 Å². The SMILES string of the molecule is Cl.Cl.Cl.O=CNC(C(=O)OC1CCCCC1)N1CCC(N2CCN(C3CCNCC3)CC2)CC1. The summed E-state index contributed by atoms with van der Waals surface area (Å²) in [6.07, 6.45) is 10.0. The minimum atomic E-state index is -0.642. The van der Waals surface area contributed by atoms with Crippen LogP contribution in [-0.2, 0) is 14.3 Å². The summed E-state index contributed by atoms with van der Waals surface area (Å²) in [7, 11) is 0. The largest absolute Gasteiger partial charge is 0.460 e. The summed E-state index contributed by atoms with van der Waals surface area (Å²) in [6.45, 7) is 8.60. The van der Waals surface area contributed by atoms with Crippen molar-refractivity contribution in [3.8, 4) is 0 Å². The molecule has 0 spiro atoms. The third kappa shape index (κ3) is 8.64. The first-order valence-corrected chi connectivity index (χ1v) is 12.6. The number of piperidine rings is 2. The zero-order chi connectivity index (χ0) is 21.5. The highest BCUT2D eigenvalue weighted by Gasteiger charge is 2.35. The maximum atomic E-state index is 12.8. The van der Waals surface area contributed by atoms with Crippen molar-refractivity contribution in [2.75, 3.05) is 52.4 Å². The van der Waals surface area contributed by atoms with Gasteiger partial charge >= 0.3 is 5.97 Å². The van der Waals surface area contributed by atoms with Crippen LogP contribution >= 0.6 is 37.2 Å². The van der Waals surface area contributed by atoms with E-state index in [1.165, 1.54) is 32.4 Å². The first-order valence-electron chi connectivity index (χ1n) is 12.6. The maximum absolute atomic E-state index is 12.8. The summed E-state index contributed by atoms with van der Waals surface area (Å²) in [5.74, 6) is -0.284. The van der Waals surface area contributed by atoms with Crippen LogP contribution in [0.2, 0.25) is 0 Å². The average molecular weight is 545 g/mol. The molecule has 0 radical (unpaired) electrons.